The molecule has 0 saturated carbocycles. The lowest BCUT2D eigenvalue weighted by Gasteiger charge is -2.25. The molecular weight excluding hydrogens is 403 g/mol. The fourth-order valence-electron chi connectivity index (χ4n) is 2.82. The highest BCUT2D eigenvalue weighted by Gasteiger charge is 2.30. The van der Waals surface area contributed by atoms with Gasteiger partial charge in [0.05, 0.1) is 16.3 Å². The van der Waals surface area contributed by atoms with Gasteiger partial charge in [-0.2, -0.15) is 0 Å². The Balaban J connectivity index is 1.58. The van der Waals surface area contributed by atoms with Gasteiger partial charge in [-0.05, 0) is 55.8 Å². The van der Waals surface area contributed by atoms with Gasteiger partial charge in [0.2, 0.25) is 5.91 Å². The molecule has 0 saturated heterocycles. The van der Waals surface area contributed by atoms with Crippen molar-refractivity contribution in [1.29, 1.82) is 0 Å². The molecule has 8 heteroatoms. The number of carbonyl (C=O) groups excluding carboxylic acids is 2. The van der Waals surface area contributed by atoms with Gasteiger partial charge < -0.3 is 16.4 Å². The molecule has 6 nitrogen and oxygen atoms in total. The molecule has 156 valence electrons. The third-order valence-electron chi connectivity index (χ3n) is 4.77. The molecule has 2 amide bonds. The topological polar surface area (TPSA) is 97.1 Å². The second kappa shape index (κ2) is 9.15. The molecule has 1 atom stereocenters. The smallest absolute Gasteiger partial charge is 0.265 e. The van der Waals surface area contributed by atoms with Crippen LogP contribution in [0.3, 0.4) is 0 Å². The van der Waals surface area contributed by atoms with Crippen molar-refractivity contribution in [3.8, 4) is 0 Å². The maximum absolute atomic E-state index is 13.2. The quantitative estimate of drug-likeness (QED) is 0.537. The zero-order valence-electron chi connectivity index (χ0n) is 16.7. The highest BCUT2D eigenvalue weighted by molar-refractivity contribution is 7.14. The zero-order valence-corrected chi connectivity index (χ0v) is 17.5. The molecule has 0 aliphatic heterocycles. The number of aromatic nitrogens is 1. The SMILES string of the molecule is CC(C)(C(=O)NCC(N)c1ccc(C(=O)Nc2ccncc2)s1)c1ccc(F)cc1. The molecule has 0 radical (unpaired) electrons. The first kappa shape index (κ1) is 21.6. The van der Waals surface area contributed by atoms with Crippen LogP contribution in [0.5, 0.6) is 0 Å². The van der Waals surface area contributed by atoms with Gasteiger partial charge in [0.15, 0.2) is 0 Å². The van der Waals surface area contributed by atoms with Gasteiger partial charge >= 0.3 is 0 Å². The summed E-state index contributed by atoms with van der Waals surface area (Å²) in [5, 5.41) is 5.65. The molecule has 0 spiro atoms. The molecule has 1 aromatic carbocycles. The highest BCUT2D eigenvalue weighted by atomic mass is 32.1. The van der Waals surface area contributed by atoms with E-state index in [2.05, 4.69) is 15.6 Å². The maximum atomic E-state index is 13.2. The van der Waals surface area contributed by atoms with Crippen molar-refractivity contribution in [3.63, 3.8) is 0 Å². The molecule has 0 bridgehead atoms. The van der Waals surface area contributed by atoms with Crippen LogP contribution in [0.1, 0.15) is 40.0 Å². The van der Waals surface area contributed by atoms with Gasteiger partial charge in [0, 0.05) is 29.5 Å². The van der Waals surface area contributed by atoms with Crippen molar-refractivity contribution in [2.45, 2.75) is 25.3 Å². The number of benzene rings is 1. The van der Waals surface area contributed by atoms with E-state index in [1.54, 1.807) is 62.6 Å². The summed E-state index contributed by atoms with van der Waals surface area (Å²) in [6.45, 7) is 3.76. The first-order valence-electron chi connectivity index (χ1n) is 9.38. The Morgan fingerprint density at radius 3 is 2.43 bits per heavy atom. The minimum atomic E-state index is -0.835. The number of hydrogen-bond donors (Lipinski definition) is 3. The Bertz CT molecular complexity index is 1020. The number of nitrogens with two attached hydrogens (primary N) is 1. The lowest BCUT2D eigenvalue weighted by atomic mass is 9.83. The van der Waals surface area contributed by atoms with Crippen molar-refractivity contribution < 1.29 is 14.0 Å². The van der Waals surface area contributed by atoms with E-state index in [0.717, 1.165) is 4.88 Å². The number of nitrogens with one attached hydrogen (secondary N) is 2. The van der Waals surface area contributed by atoms with Crippen molar-refractivity contribution in [2.75, 3.05) is 11.9 Å². The van der Waals surface area contributed by atoms with E-state index in [1.165, 1.54) is 23.5 Å². The minimum Gasteiger partial charge on any atom is -0.353 e. The highest BCUT2D eigenvalue weighted by Crippen LogP contribution is 2.25. The van der Waals surface area contributed by atoms with Gasteiger partial charge in [0.1, 0.15) is 5.82 Å². The Labute approximate surface area is 178 Å². The number of thiophene rings is 1. The molecular formula is C22H23FN4O2S. The number of amides is 2. The van der Waals surface area contributed by atoms with Gasteiger partial charge in [-0.25, -0.2) is 4.39 Å². The summed E-state index contributed by atoms with van der Waals surface area (Å²) >= 11 is 1.28. The van der Waals surface area contributed by atoms with Gasteiger partial charge in [-0.1, -0.05) is 12.1 Å². The standard InChI is InChI=1S/C22H23FN4O2S/c1-22(2,14-3-5-15(23)6-4-14)21(29)26-13-17(24)18-7-8-19(30-18)20(28)27-16-9-11-25-12-10-16/h3-12,17H,13,24H2,1-2H3,(H,26,29)(H,25,27,28). The molecule has 0 aliphatic carbocycles. The second-order valence-corrected chi connectivity index (χ2v) is 8.46. The van der Waals surface area contributed by atoms with Crippen LogP contribution in [0.15, 0.2) is 60.9 Å². The Kier molecular flexibility index (Phi) is 6.59. The Hall–Kier alpha value is -3.10. The van der Waals surface area contributed by atoms with E-state index in [0.29, 0.717) is 16.1 Å². The Morgan fingerprint density at radius 1 is 1.10 bits per heavy atom. The van der Waals surface area contributed by atoms with Crippen LogP contribution in [0.4, 0.5) is 10.1 Å². The van der Waals surface area contributed by atoms with Crippen molar-refractivity contribution >= 4 is 28.8 Å². The summed E-state index contributed by atoms with van der Waals surface area (Å²) in [5.74, 6) is -0.790. The molecule has 3 aromatic rings. The third-order valence-corrected chi connectivity index (χ3v) is 5.99. The summed E-state index contributed by atoms with van der Waals surface area (Å²) in [6, 6.07) is 12.3. The van der Waals surface area contributed by atoms with Gasteiger partial charge in [-0.3, -0.25) is 14.6 Å². The monoisotopic (exact) mass is 426 g/mol. The first-order chi connectivity index (χ1) is 14.3. The van der Waals surface area contributed by atoms with Gasteiger partial charge in [0.25, 0.3) is 5.91 Å². The average Bonchev–Trinajstić information content (AvgIpc) is 3.23. The number of halogens is 1. The molecule has 2 aromatic heterocycles. The normalized spacial score (nSPS) is 12.3. The number of hydrogen-bond acceptors (Lipinski definition) is 5. The van der Waals surface area contributed by atoms with Crippen LogP contribution >= 0.6 is 11.3 Å². The van der Waals surface area contributed by atoms with E-state index in [9.17, 15) is 14.0 Å². The molecule has 30 heavy (non-hydrogen) atoms. The van der Waals surface area contributed by atoms with E-state index in [1.807, 2.05) is 0 Å². The number of rotatable bonds is 7. The van der Waals surface area contributed by atoms with Crippen LogP contribution in [-0.2, 0) is 10.2 Å². The number of nitrogens with zero attached hydrogens (tertiary/aromatic N) is 1. The number of pyridine rings is 1. The van der Waals surface area contributed by atoms with Crippen LogP contribution in [-0.4, -0.2) is 23.3 Å². The fourth-order valence-corrected chi connectivity index (χ4v) is 3.73. The van der Waals surface area contributed by atoms with Crippen molar-refractivity contribution in [1.82, 2.24) is 10.3 Å². The largest absolute Gasteiger partial charge is 0.353 e. The average molecular weight is 427 g/mol. The van der Waals surface area contributed by atoms with E-state index in [-0.39, 0.29) is 24.2 Å². The summed E-state index contributed by atoms with van der Waals surface area (Å²) in [4.78, 5) is 30.3. The van der Waals surface area contributed by atoms with E-state index >= 15 is 0 Å². The summed E-state index contributed by atoms with van der Waals surface area (Å²) in [7, 11) is 0. The summed E-state index contributed by atoms with van der Waals surface area (Å²) < 4.78 is 13.2. The summed E-state index contributed by atoms with van der Waals surface area (Å²) in [6.07, 6.45) is 3.20. The van der Waals surface area contributed by atoms with Crippen LogP contribution in [0, 0.1) is 5.82 Å². The molecule has 2 heterocycles. The molecule has 3 rings (SSSR count). The fraction of sp³-hybridized carbons (Fsp3) is 0.227. The predicted molar refractivity (Wildman–Crippen MR) is 116 cm³/mol. The van der Waals surface area contributed by atoms with Crippen LogP contribution < -0.4 is 16.4 Å². The molecule has 1 unspecified atom stereocenters. The summed E-state index contributed by atoms with van der Waals surface area (Å²) in [5.41, 5.74) is 6.75. The molecule has 4 N–H and O–H groups in total. The molecule has 0 fully saturated rings. The van der Waals surface area contributed by atoms with Crippen LogP contribution in [0.25, 0.3) is 0 Å². The zero-order chi connectivity index (χ0) is 21.7. The molecule has 0 aliphatic rings. The first-order valence-corrected chi connectivity index (χ1v) is 10.2. The lowest BCUT2D eigenvalue weighted by Crippen LogP contribution is -2.42. The second-order valence-electron chi connectivity index (χ2n) is 7.34. The third kappa shape index (κ3) is 5.08. The Morgan fingerprint density at radius 2 is 1.77 bits per heavy atom. The van der Waals surface area contributed by atoms with E-state index in [4.69, 9.17) is 5.73 Å². The van der Waals surface area contributed by atoms with Crippen LogP contribution in [0.2, 0.25) is 0 Å². The maximum Gasteiger partial charge on any atom is 0.265 e. The van der Waals surface area contributed by atoms with Crippen molar-refractivity contribution in [3.05, 3.63) is 82.1 Å². The predicted octanol–water partition coefficient (Wildman–Crippen LogP) is 3.63. The number of anilines is 1. The number of carbonyl (C=O) groups is 2. The lowest BCUT2D eigenvalue weighted by molar-refractivity contribution is -0.125. The minimum absolute atomic E-state index is 0.211. The van der Waals surface area contributed by atoms with Gasteiger partial charge in [-0.15, -0.1) is 11.3 Å². The van der Waals surface area contributed by atoms with E-state index < -0.39 is 11.5 Å². The van der Waals surface area contributed by atoms with Crippen molar-refractivity contribution in [2.24, 2.45) is 5.73 Å².